The van der Waals surface area contributed by atoms with Crippen LogP contribution < -0.4 is 16.4 Å². The summed E-state index contributed by atoms with van der Waals surface area (Å²) in [6, 6.07) is 2.09. The standard InChI is InChI=1S/C12H15N5S/c1-7-3-5-18-11(7)16-10-8-6-14-4-2-9(8)15-12(13)17-10/h3,5,14H,2,4,6H2,1H3,(H3,13,15,16,17). The fraction of sp³-hybridized carbons (Fsp3) is 0.333. The molecule has 0 aliphatic carbocycles. The highest BCUT2D eigenvalue weighted by Gasteiger charge is 2.17. The van der Waals surface area contributed by atoms with Gasteiger partial charge in [-0.25, -0.2) is 4.98 Å². The molecule has 0 saturated heterocycles. The van der Waals surface area contributed by atoms with Gasteiger partial charge in [0, 0.05) is 25.1 Å². The third-order valence-corrected chi connectivity index (χ3v) is 3.98. The Balaban J connectivity index is 2.01. The van der Waals surface area contributed by atoms with Crippen molar-refractivity contribution in [3.8, 4) is 0 Å². The zero-order chi connectivity index (χ0) is 12.5. The van der Waals surface area contributed by atoms with Crippen molar-refractivity contribution in [1.29, 1.82) is 0 Å². The number of thiophene rings is 1. The molecule has 3 heterocycles. The molecule has 2 aromatic rings. The lowest BCUT2D eigenvalue weighted by Crippen LogP contribution is -2.26. The van der Waals surface area contributed by atoms with Crippen LogP contribution in [0.25, 0.3) is 0 Å². The number of rotatable bonds is 2. The van der Waals surface area contributed by atoms with Crippen molar-refractivity contribution in [2.24, 2.45) is 0 Å². The van der Waals surface area contributed by atoms with Gasteiger partial charge in [-0.2, -0.15) is 4.98 Å². The Kier molecular flexibility index (Phi) is 2.89. The predicted octanol–water partition coefficient (Wildman–Crippen LogP) is 1.82. The highest BCUT2D eigenvalue weighted by atomic mass is 32.1. The molecule has 2 aromatic heterocycles. The molecule has 0 fully saturated rings. The third-order valence-electron chi connectivity index (χ3n) is 3.04. The van der Waals surface area contributed by atoms with Gasteiger partial charge in [0.1, 0.15) is 5.82 Å². The molecule has 94 valence electrons. The van der Waals surface area contributed by atoms with Gasteiger partial charge in [-0.05, 0) is 23.9 Å². The van der Waals surface area contributed by atoms with E-state index in [1.54, 1.807) is 11.3 Å². The van der Waals surface area contributed by atoms with Crippen molar-refractivity contribution in [3.05, 3.63) is 28.3 Å². The molecule has 0 bridgehead atoms. The second kappa shape index (κ2) is 4.55. The lowest BCUT2D eigenvalue weighted by Gasteiger charge is -2.19. The molecule has 0 spiro atoms. The summed E-state index contributed by atoms with van der Waals surface area (Å²) in [5.74, 6) is 1.17. The maximum absolute atomic E-state index is 5.77. The molecule has 4 N–H and O–H groups in total. The summed E-state index contributed by atoms with van der Waals surface area (Å²) in [4.78, 5) is 8.64. The van der Waals surface area contributed by atoms with E-state index < -0.39 is 0 Å². The molecule has 3 rings (SSSR count). The van der Waals surface area contributed by atoms with Crippen LogP contribution in [0.4, 0.5) is 16.8 Å². The van der Waals surface area contributed by atoms with E-state index in [0.29, 0.717) is 5.95 Å². The van der Waals surface area contributed by atoms with Crippen molar-refractivity contribution in [2.75, 3.05) is 17.6 Å². The van der Waals surface area contributed by atoms with Crippen molar-refractivity contribution < 1.29 is 0 Å². The second-order valence-corrected chi connectivity index (χ2v) is 5.26. The van der Waals surface area contributed by atoms with Crippen LogP contribution in [-0.4, -0.2) is 16.5 Å². The van der Waals surface area contributed by atoms with Gasteiger partial charge in [0.2, 0.25) is 5.95 Å². The molecular formula is C12H15N5S. The van der Waals surface area contributed by atoms with Gasteiger partial charge in [0.15, 0.2) is 0 Å². The minimum absolute atomic E-state index is 0.340. The van der Waals surface area contributed by atoms with Crippen molar-refractivity contribution in [2.45, 2.75) is 19.9 Å². The molecule has 0 amide bonds. The molecular weight excluding hydrogens is 246 g/mol. The summed E-state index contributed by atoms with van der Waals surface area (Å²) >= 11 is 1.67. The SMILES string of the molecule is Cc1ccsc1Nc1nc(N)nc2c1CNCC2. The van der Waals surface area contributed by atoms with E-state index in [2.05, 4.69) is 39.0 Å². The van der Waals surface area contributed by atoms with Crippen molar-refractivity contribution >= 4 is 28.1 Å². The van der Waals surface area contributed by atoms with Crippen molar-refractivity contribution in [1.82, 2.24) is 15.3 Å². The normalized spacial score (nSPS) is 14.3. The number of hydrogen-bond acceptors (Lipinski definition) is 6. The Bertz CT molecular complexity index is 578. The number of hydrogen-bond donors (Lipinski definition) is 3. The smallest absolute Gasteiger partial charge is 0.222 e. The number of anilines is 3. The molecule has 0 saturated carbocycles. The first kappa shape index (κ1) is 11.4. The molecule has 0 radical (unpaired) electrons. The number of aryl methyl sites for hydroxylation is 1. The predicted molar refractivity (Wildman–Crippen MR) is 74.2 cm³/mol. The summed E-state index contributed by atoms with van der Waals surface area (Å²) in [6.07, 6.45) is 0.903. The molecule has 0 unspecified atom stereocenters. The zero-order valence-electron chi connectivity index (χ0n) is 10.2. The maximum atomic E-state index is 5.77. The molecule has 0 atom stereocenters. The Hall–Kier alpha value is -1.66. The van der Waals surface area contributed by atoms with Gasteiger partial charge < -0.3 is 16.4 Å². The molecule has 18 heavy (non-hydrogen) atoms. The number of nitrogens with two attached hydrogens (primary N) is 1. The Morgan fingerprint density at radius 3 is 3.11 bits per heavy atom. The summed E-state index contributed by atoms with van der Waals surface area (Å²) < 4.78 is 0. The lowest BCUT2D eigenvalue weighted by molar-refractivity contribution is 0.629. The van der Waals surface area contributed by atoms with E-state index in [4.69, 9.17) is 5.73 Å². The van der Waals surface area contributed by atoms with Crippen LogP contribution >= 0.6 is 11.3 Å². The number of fused-ring (bicyclic) bond motifs is 1. The van der Waals surface area contributed by atoms with E-state index in [-0.39, 0.29) is 0 Å². The summed E-state index contributed by atoms with van der Waals surface area (Å²) in [7, 11) is 0. The summed E-state index contributed by atoms with van der Waals surface area (Å²) in [5.41, 5.74) is 9.17. The van der Waals surface area contributed by atoms with E-state index in [0.717, 1.165) is 41.6 Å². The average Bonchev–Trinajstić information content (AvgIpc) is 2.75. The van der Waals surface area contributed by atoms with Gasteiger partial charge >= 0.3 is 0 Å². The van der Waals surface area contributed by atoms with Gasteiger partial charge in [0.25, 0.3) is 0 Å². The number of nitrogens with zero attached hydrogens (tertiary/aromatic N) is 2. The molecule has 5 nitrogen and oxygen atoms in total. The molecule has 6 heteroatoms. The number of nitrogen functional groups attached to an aromatic ring is 1. The number of nitrogens with one attached hydrogen (secondary N) is 2. The van der Waals surface area contributed by atoms with Crippen LogP contribution in [0.1, 0.15) is 16.8 Å². The van der Waals surface area contributed by atoms with Crippen LogP contribution in [0.2, 0.25) is 0 Å². The first-order valence-corrected chi connectivity index (χ1v) is 6.79. The van der Waals surface area contributed by atoms with Crippen molar-refractivity contribution in [3.63, 3.8) is 0 Å². The molecule has 1 aliphatic heterocycles. The fourth-order valence-electron chi connectivity index (χ4n) is 2.07. The van der Waals surface area contributed by atoms with E-state index in [9.17, 15) is 0 Å². The minimum Gasteiger partial charge on any atom is -0.368 e. The second-order valence-electron chi connectivity index (χ2n) is 4.34. The zero-order valence-corrected chi connectivity index (χ0v) is 11.0. The molecule has 1 aliphatic rings. The highest BCUT2D eigenvalue weighted by molar-refractivity contribution is 7.14. The maximum Gasteiger partial charge on any atom is 0.222 e. The topological polar surface area (TPSA) is 75.9 Å². The molecule has 0 aromatic carbocycles. The van der Waals surface area contributed by atoms with Gasteiger partial charge in [-0.1, -0.05) is 0 Å². The number of aromatic nitrogens is 2. The quantitative estimate of drug-likeness (QED) is 0.769. The summed E-state index contributed by atoms with van der Waals surface area (Å²) in [5, 5.41) is 9.88. The van der Waals surface area contributed by atoms with E-state index in [1.165, 1.54) is 5.56 Å². The van der Waals surface area contributed by atoms with E-state index >= 15 is 0 Å². The van der Waals surface area contributed by atoms with E-state index in [1.807, 2.05) is 0 Å². The summed E-state index contributed by atoms with van der Waals surface area (Å²) in [6.45, 7) is 3.82. The minimum atomic E-state index is 0.340. The Labute approximate surface area is 109 Å². The van der Waals surface area contributed by atoms with Crippen LogP contribution in [0.3, 0.4) is 0 Å². The lowest BCUT2D eigenvalue weighted by atomic mass is 10.1. The van der Waals surface area contributed by atoms with Gasteiger partial charge in [-0.15, -0.1) is 11.3 Å². The first-order chi connectivity index (χ1) is 8.74. The fourth-order valence-corrected chi connectivity index (χ4v) is 2.89. The largest absolute Gasteiger partial charge is 0.368 e. The van der Waals surface area contributed by atoms with Crippen LogP contribution in [0.5, 0.6) is 0 Å². The average molecular weight is 261 g/mol. The Morgan fingerprint density at radius 2 is 2.33 bits per heavy atom. The van der Waals surface area contributed by atoms with Crippen LogP contribution in [-0.2, 0) is 13.0 Å². The van der Waals surface area contributed by atoms with Gasteiger partial charge in [0.05, 0.1) is 10.7 Å². The Morgan fingerprint density at radius 1 is 1.44 bits per heavy atom. The highest BCUT2D eigenvalue weighted by Crippen LogP contribution is 2.29. The first-order valence-electron chi connectivity index (χ1n) is 5.91. The van der Waals surface area contributed by atoms with Crippen LogP contribution in [0.15, 0.2) is 11.4 Å². The van der Waals surface area contributed by atoms with Crippen LogP contribution in [0, 0.1) is 6.92 Å². The third kappa shape index (κ3) is 2.04. The van der Waals surface area contributed by atoms with Gasteiger partial charge in [-0.3, -0.25) is 0 Å². The monoisotopic (exact) mass is 261 g/mol.